The van der Waals surface area contributed by atoms with E-state index < -0.39 is 5.97 Å². The number of aryl methyl sites for hydroxylation is 1. The SMILES string of the molecule is Cc1cc(C#CCCBr)cnc1C(=O)O. The van der Waals surface area contributed by atoms with Gasteiger partial charge in [0.25, 0.3) is 0 Å². The zero-order valence-corrected chi connectivity index (χ0v) is 9.84. The molecule has 0 aliphatic rings. The lowest BCUT2D eigenvalue weighted by Crippen LogP contribution is -2.03. The Bertz CT molecular complexity index is 432. The van der Waals surface area contributed by atoms with Gasteiger partial charge in [-0.15, -0.1) is 0 Å². The first-order valence-corrected chi connectivity index (χ1v) is 5.52. The van der Waals surface area contributed by atoms with Crippen molar-refractivity contribution in [1.29, 1.82) is 0 Å². The predicted molar refractivity (Wildman–Crippen MR) is 61.2 cm³/mol. The van der Waals surface area contributed by atoms with Crippen LogP contribution in [0.25, 0.3) is 0 Å². The van der Waals surface area contributed by atoms with E-state index in [4.69, 9.17) is 5.11 Å². The van der Waals surface area contributed by atoms with Crippen molar-refractivity contribution in [2.75, 3.05) is 5.33 Å². The Morgan fingerprint density at radius 2 is 2.40 bits per heavy atom. The molecule has 0 atom stereocenters. The number of hydrogen-bond acceptors (Lipinski definition) is 2. The van der Waals surface area contributed by atoms with Gasteiger partial charge in [0.1, 0.15) is 0 Å². The molecular formula is C11H10BrNO2. The van der Waals surface area contributed by atoms with Crippen LogP contribution >= 0.6 is 15.9 Å². The van der Waals surface area contributed by atoms with Crippen molar-refractivity contribution in [2.24, 2.45) is 0 Å². The number of carboxylic acids is 1. The third kappa shape index (κ3) is 3.37. The molecule has 78 valence electrons. The monoisotopic (exact) mass is 267 g/mol. The largest absolute Gasteiger partial charge is 0.477 e. The van der Waals surface area contributed by atoms with Crippen LogP contribution in [0.3, 0.4) is 0 Å². The third-order valence-corrected chi connectivity index (χ3v) is 2.13. The van der Waals surface area contributed by atoms with Crippen LogP contribution in [0.15, 0.2) is 12.3 Å². The predicted octanol–water partition coefficient (Wildman–Crippen LogP) is 2.22. The average Bonchev–Trinajstić information content (AvgIpc) is 2.17. The van der Waals surface area contributed by atoms with Gasteiger partial charge in [0.05, 0.1) is 0 Å². The van der Waals surface area contributed by atoms with Gasteiger partial charge in [-0.2, -0.15) is 0 Å². The minimum Gasteiger partial charge on any atom is -0.477 e. The molecule has 0 aromatic carbocycles. The molecule has 1 N–H and O–H groups in total. The maximum Gasteiger partial charge on any atom is 0.354 e. The van der Waals surface area contributed by atoms with E-state index in [1.165, 1.54) is 6.20 Å². The van der Waals surface area contributed by atoms with E-state index >= 15 is 0 Å². The maximum atomic E-state index is 10.7. The summed E-state index contributed by atoms with van der Waals surface area (Å²) in [5.74, 6) is 4.85. The first-order valence-electron chi connectivity index (χ1n) is 4.40. The molecule has 0 spiro atoms. The van der Waals surface area contributed by atoms with Gasteiger partial charge in [-0.3, -0.25) is 0 Å². The van der Waals surface area contributed by atoms with Gasteiger partial charge < -0.3 is 5.11 Å². The molecule has 4 heteroatoms. The molecule has 0 radical (unpaired) electrons. The summed E-state index contributed by atoms with van der Waals surface area (Å²) in [6.07, 6.45) is 2.25. The van der Waals surface area contributed by atoms with Crippen LogP contribution in [0.5, 0.6) is 0 Å². The molecule has 1 rings (SSSR count). The van der Waals surface area contributed by atoms with Gasteiger partial charge in [-0.25, -0.2) is 9.78 Å². The number of hydrogen-bond donors (Lipinski definition) is 1. The van der Waals surface area contributed by atoms with Crippen molar-refractivity contribution < 1.29 is 9.90 Å². The lowest BCUT2D eigenvalue weighted by Gasteiger charge is -1.98. The van der Waals surface area contributed by atoms with E-state index in [1.54, 1.807) is 13.0 Å². The van der Waals surface area contributed by atoms with Gasteiger partial charge in [-0.1, -0.05) is 27.8 Å². The first kappa shape index (κ1) is 11.7. The average molecular weight is 268 g/mol. The zero-order chi connectivity index (χ0) is 11.3. The molecule has 0 bridgehead atoms. The lowest BCUT2D eigenvalue weighted by atomic mass is 10.1. The summed E-state index contributed by atoms with van der Waals surface area (Å²) < 4.78 is 0. The molecule has 1 aromatic rings. The van der Waals surface area contributed by atoms with E-state index in [0.29, 0.717) is 5.56 Å². The molecule has 0 saturated carbocycles. The fourth-order valence-corrected chi connectivity index (χ4v) is 1.28. The Morgan fingerprint density at radius 3 is 2.93 bits per heavy atom. The summed E-state index contributed by atoms with van der Waals surface area (Å²) in [4.78, 5) is 14.5. The second kappa shape index (κ2) is 5.52. The molecule has 0 aliphatic heterocycles. The van der Waals surface area contributed by atoms with Crippen LogP contribution in [0, 0.1) is 18.8 Å². The van der Waals surface area contributed by atoms with E-state index in [9.17, 15) is 4.79 Å². The molecule has 0 fully saturated rings. The van der Waals surface area contributed by atoms with Gasteiger partial charge in [0, 0.05) is 23.5 Å². The third-order valence-electron chi connectivity index (χ3n) is 1.73. The Kier molecular flexibility index (Phi) is 4.32. The number of aromatic nitrogens is 1. The van der Waals surface area contributed by atoms with Crippen LogP contribution in [-0.2, 0) is 0 Å². The van der Waals surface area contributed by atoms with Crippen molar-refractivity contribution >= 4 is 21.9 Å². The number of carboxylic acid groups (broad SMARTS) is 1. The Balaban J connectivity index is 2.93. The molecular weight excluding hydrogens is 258 g/mol. The smallest absolute Gasteiger partial charge is 0.354 e. The maximum absolute atomic E-state index is 10.7. The Hall–Kier alpha value is -1.34. The van der Waals surface area contributed by atoms with Crippen LogP contribution in [0.2, 0.25) is 0 Å². The Labute approximate surface area is 96.7 Å². The summed E-state index contributed by atoms with van der Waals surface area (Å²) in [6.45, 7) is 1.71. The highest BCUT2D eigenvalue weighted by molar-refractivity contribution is 9.09. The van der Waals surface area contributed by atoms with Gasteiger partial charge in [-0.05, 0) is 18.6 Å². The van der Waals surface area contributed by atoms with Crippen molar-refractivity contribution in [2.45, 2.75) is 13.3 Å². The summed E-state index contributed by atoms with van der Waals surface area (Å²) in [5, 5.41) is 9.60. The normalized spacial score (nSPS) is 9.20. The highest BCUT2D eigenvalue weighted by atomic mass is 79.9. The zero-order valence-electron chi connectivity index (χ0n) is 8.25. The molecule has 0 saturated heterocycles. The molecule has 0 amide bonds. The molecule has 15 heavy (non-hydrogen) atoms. The summed E-state index contributed by atoms with van der Waals surface area (Å²) >= 11 is 3.27. The molecule has 0 unspecified atom stereocenters. The topological polar surface area (TPSA) is 50.2 Å². The fraction of sp³-hybridized carbons (Fsp3) is 0.273. The molecule has 1 heterocycles. The summed E-state index contributed by atoms with van der Waals surface area (Å²) in [5.41, 5.74) is 1.47. The summed E-state index contributed by atoms with van der Waals surface area (Å²) in [6, 6.07) is 1.73. The first-order chi connectivity index (χ1) is 7.15. The van der Waals surface area contributed by atoms with Crippen molar-refractivity contribution in [3.05, 3.63) is 29.1 Å². The van der Waals surface area contributed by atoms with E-state index in [2.05, 4.69) is 32.8 Å². The standard InChI is InChI=1S/C11H10BrNO2/c1-8-6-9(4-2-3-5-12)7-13-10(8)11(14)15/h6-7H,3,5H2,1H3,(H,14,15). The van der Waals surface area contributed by atoms with Gasteiger partial charge in [0.2, 0.25) is 0 Å². The fourth-order valence-electron chi connectivity index (χ4n) is 1.08. The van der Waals surface area contributed by atoms with Gasteiger partial charge >= 0.3 is 5.97 Å². The second-order valence-electron chi connectivity index (χ2n) is 2.94. The minimum atomic E-state index is -1.01. The van der Waals surface area contributed by atoms with Crippen LogP contribution in [0.4, 0.5) is 0 Å². The van der Waals surface area contributed by atoms with Crippen molar-refractivity contribution in [3.8, 4) is 11.8 Å². The number of carbonyl (C=O) groups is 1. The summed E-state index contributed by atoms with van der Waals surface area (Å²) in [7, 11) is 0. The number of alkyl halides is 1. The molecule has 0 aliphatic carbocycles. The quantitative estimate of drug-likeness (QED) is 0.661. The lowest BCUT2D eigenvalue weighted by molar-refractivity contribution is 0.0689. The van der Waals surface area contributed by atoms with E-state index in [-0.39, 0.29) is 5.69 Å². The van der Waals surface area contributed by atoms with Crippen LogP contribution in [0.1, 0.15) is 28.0 Å². The molecule has 3 nitrogen and oxygen atoms in total. The number of nitrogens with zero attached hydrogens (tertiary/aromatic N) is 1. The second-order valence-corrected chi connectivity index (χ2v) is 3.73. The number of rotatable bonds is 2. The van der Waals surface area contributed by atoms with E-state index in [1.807, 2.05) is 0 Å². The number of aromatic carboxylic acids is 1. The number of pyridine rings is 1. The molecule has 1 aromatic heterocycles. The highest BCUT2D eigenvalue weighted by Gasteiger charge is 2.07. The van der Waals surface area contributed by atoms with Crippen molar-refractivity contribution in [1.82, 2.24) is 4.98 Å². The van der Waals surface area contributed by atoms with Crippen molar-refractivity contribution in [3.63, 3.8) is 0 Å². The Morgan fingerprint density at radius 1 is 1.67 bits per heavy atom. The number of halogens is 1. The van der Waals surface area contributed by atoms with Crippen LogP contribution in [-0.4, -0.2) is 21.4 Å². The van der Waals surface area contributed by atoms with E-state index in [0.717, 1.165) is 17.3 Å². The van der Waals surface area contributed by atoms with Gasteiger partial charge in [0.15, 0.2) is 5.69 Å². The highest BCUT2D eigenvalue weighted by Crippen LogP contribution is 2.06. The minimum absolute atomic E-state index is 0.0843. The van der Waals surface area contributed by atoms with Crippen LogP contribution < -0.4 is 0 Å².